The Bertz CT molecular complexity index is 680. The fraction of sp³-hybridized carbons (Fsp3) is 0.438. The first-order chi connectivity index (χ1) is 10.1. The van der Waals surface area contributed by atoms with Crippen LogP contribution in [0.2, 0.25) is 0 Å². The fourth-order valence-corrected chi connectivity index (χ4v) is 5.06. The Hall–Kier alpha value is -1.20. The standard InChI is InChI=1S/C16H20N2OS2/c1-9-6-7-10-13(8-9)21-15(14(10)17)16(19)18-11-4-3-5-12(11)20-2/h6-8,11-12H,3-5,17H2,1-2H3,(H,18,19). The normalized spacial score (nSPS) is 21.8. The lowest BCUT2D eigenvalue weighted by Gasteiger charge is -2.18. The van der Waals surface area contributed by atoms with E-state index < -0.39 is 0 Å². The topological polar surface area (TPSA) is 55.1 Å². The summed E-state index contributed by atoms with van der Waals surface area (Å²) >= 11 is 3.34. The second-order valence-corrected chi connectivity index (χ2v) is 7.76. The summed E-state index contributed by atoms with van der Waals surface area (Å²) in [4.78, 5) is 13.2. The van der Waals surface area contributed by atoms with Crippen molar-refractivity contribution in [1.29, 1.82) is 0 Å². The number of benzene rings is 1. The van der Waals surface area contributed by atoms with E-state index in [0.717, 1.165) is 16.5 Å². The molecule has 1 saturated carbocycles. The predicted molar refractivity (Wildman–Crippen MR) is 93.4 cm³/mol. The summed E-state index contributed by atoms with van der Waals surface area (Å²) in [6.07, 6.45) is 5.57. The molecule has 1 aromatic carbocycles. The quantitative estimate of drug-likeness (QED) is 0.904. The van der Waals surface area contributed by atoms with Crippen molar-refractivity contribution in [2.45, 2.75) is 37.5 Å². The molecule has 2 aromatic rings. The van der Waals surface area contributed by atoms with E-state index >= 15 is 0 Å². The molecule has 1 heterocycles. The number of hydrogen-bond donors (Lipinski definition) is 2. The van der Waals surface area contributed by atoms with Gasteiger partial charge in [0.15, 0.2) is 0 Å². The maximum Gasteiger partial charge on any atom is 0.263 e. The summed E-state index contributed by atoms with van der Waals surface area (Å²) < 4.78 is 1.09. The molecule has 1 aliphatic carbocycles. The lowest BCUT2D eigenvalue weighted by molar-refractivity contribution is 0.0943. The van der Waals surface area contributed by atoms with Crippen LogP contribution in [-0.4, -0.2) is 23.5 Å². The highest BCUT2D eigenvalue weighted by atomic mass is 32.2. The summed E-state index contributed by atoms with van der Waals surface area (Å²) in [5.41, 5.74) is 7.98. The molecule has 3 nitrogen and oxygen atoms in total. The number of carbonyl (C=O) groups excluding carboxylic acids is 1. The highest BCUT2D eigenvalue weighted by Crippen LogP contribution is 2.35. The first-order valence-electron chi connectivity index (χ1n) is 7.22. The molecule has 2 atom stereocenters. The number of anilines is 1. The number of aryl methyl sites for hydroxylation is 1. The van der Waals surface area contributed by atoms with Gasteiger partial charge in [0.2, 0.25) is 0 Å². The third-order valence-electron chi connectivity index (χ3n) is 4.16. The van der Waals surface area contributed by atoms with Crippen molar-refractivity contribution in [3.8, 4) is 0 Å². The molecule has 3 rings (SSSR count). The van der Waals surface area contributed by atoms with Gasteiger partial charge >= 0.3 is 0 Å². The number of amides is 1. The maximum absolute atomic E-state index is 12.5. The fourth-order valence-electron chi connectivity index (χ4n) is 3.00. The Morgan fingerprint density at radius 2 is 2.24 bits per heavy atom. The van der Waals surface area contributed by atoms with E-state index in [1.807, 2.05) is 23.9 Å². The zero-order chi connectivity index (χ0) is 15.0. The Morgan fingerprint density at radius 1 is 1.43 bits per heavy atom. The molecule has 112 valence electrons. The highest BCUT2D eigenvalue weighted by molar-refractivity contribution is 7.99. The number of hydrogen-bond acceptors (Lipinski definition) is 4. The molecule has 2 unspecified atom stereocenters. The minimum absolute atomic E-state index is 0.0164. The third-order valence-corrected chi connectivity index (χ3v) is 6.50. The van der Waals surface area contributed by atoms with E-state index in [2.05, 4.69) is 24.6 Å². The van der Waals surface area contributed by atoms with Crippen LogP contribution in [0.4, 0.5) is 5.69 Å². The SMILES string of the molecule is CSC1CCCC1NC(=O)c1sc2cc(C)ccc2c1N. The van der Waals surface area contributed by atoms with Crippen LogP contribution in [0.15, 0.2) is 18.2 Å². The Kier molecular flexibility index (Phi) is 4.13. The lowest BCUT2D eigenvalue weighted by atomic mass is 10.1. The smallest absolute Gasteiger partial charge is 0.263 e. The molecule has 21 heavy (non-hydrogen) atoms. The molecule has 5 heteroatoms. The van der Waals surface area contributed by atoms with Crippen LogP contribution in [0.3, 0.4) is 0 Å². The number of nitrogens with one attached hydrogen (secondary N) is 1. The molecule has 1 amide bonds. The van der Waals surface area contributed by atoms with Crippen molar-refractivity contribution >= 4 is 44.8 Å². The van der Waals surface area contributed by atoms with E-state index in [9.17, 15) is 4.79 Å². The molecule has 0 saturated heterocycles. The second kappa shape index (κ2) is 5.89. The molecular weight excluding hydrogens is 300 g/mol. The summed E-state index contributed by atoms with van der Waals surface area (Å²) in [6, 6.07) is 6.41. The second-order valence-electron chi connectivity index (χ2n) is 5.63. The van der Waals surface area contributed by atoms with Gasteiger partial charge in [0.25, 0.3) is 5.91 Å². The first kappa shape index (κ1) is 14.7. The molecule has 1 aromatic heterocycles. The van der Waals surface area contributed by atoms with Gasteiger partial charge in [-0.15, -0.1) is 11.3 Å². The van der Waals surface area contributed by atoms with E-state index in [4.69, 9.17) is 5.73 Å². The molecule has 1 aliphatic rings. The van der Waals surface area contributed by atoms with E-state index in [-0.39, 0.29) is 11.9 Å². The van der Waals surface area contributed by atoms with Crippen molar-refractivity contribution in [2.75, 3.05) is 12.0 Å². The van der Waals surface area contributed by atoms with Crippen LogP contribution in [0.1, 0.15) is 34.5 Å². The van der Waals surface area contributed by atoms with Gasteiger partial charge in [-0.1, -0.05) is 18.6 Å². The van der Waals surface area contributed by atoms with Gasteiger partial charge in [0, 0.05) is 21.4 Å². The van der Waals surface area contributed by atoms with Gasteiger partial charge in [-0.2, -0.15) is 11.8 Å². The molecule has 0 radical (unpaired) electrons. The summed E-state index contributed by atoms with van der Waals surface area (Å²) in [5, 5.41) is 4.71. The number of rotatable bonds is 3. The van der Waals surface area contributed by atoms with Crippen LogP contribution >= 0.6 is 23.1 Å². The van der Waals surface area contributed by atoms with Crippen LogP contribution < -0.4 is 11.1 Å². The van der Waals surface area contributed by atoms with Gasteiger partial charge in [0.05, 0.1) is 5.69 Å². The Morgan fingerprint density at radius 3 is 3.00 bits per heavy atom. The van der Waals surface area contributed by atoms with Crippen molar-refractivity contribution in [1.82, 2.24) is 5.32 Å². The Balaban J connectivity index is 1.86. The number of thiophene rings is 1. The van der Waals surface area contributed by atoms with Gasteiger partial charge < -0.3 is 11.1 Å². The van der Waals surface area contributed by atoms with Crippen LogP contribution in [0, 0.1) is 6.92 Å². The number of nitrogens with two attached hydrogens (primary N) is 1. The lowest BCUT2D eigenvalue weighted by Crippen LogP contribution is -2.38. The average Bonchev–Trinajstić information content (AvgIpc) is 3.03. The molecule has 0 aliphatic heterocycles. The van der Waals surface area contributed by atoms with Gasteiger partial charge in [-0.05, 0) is 37.7 Å². The molecule has 0 bridgehead atoms. The maximum atomic E-state index is 12.5. The van der Waals surface area contributed by atoms with E-state index in [1.165, 1.54) is 29.7 Å². The first-order valence-corrected chi connectivity index (χ1v) is 9.33. The van der Waals surface area contributed by atoms with Crippen molar-refractivity contribution in [3.63, 3.8) is 0 Å². The van der Waals surface area contributed by atoms with Gasteiger partial charge in [-0.25, -0.2) is 0 Å². The molecule has 1 fully saturated rings. The zero-order valence-electron chi connectivity index (χ0n) is 12.3. The van der Waals surface area contributed by atoms with Crippen LogP contribution in [-0.2, 0) is 0 Å². The van der Waals surface area contributed by atoms with Gasteiger partial charge in [0.1, 0.15) is 4.88 Å². The Labute approximate surface area is 133 Å². The van der Waals surface area contributed by atoms with Crippen LogP contribution in [0.25, 0.3) is 10.1 Å². The van der Waals surface area contributed by atoms with Crippen molar-refractivity contribution < 1.29 is 4.79 Å². The van der Waals surface area contributed by atoms with E-state index in [1.54, 1.807) is 0 Å². The van der Waals surface area contributed by atoms with E-state index in [0.29, 0.717) is 15.8 Å². The van der Waals surface area contributed by atoms with Crippen LogP contribution in [0.5, 0.6) is 0 Å². The number of nitrogen functional groups attached to an aromatic ring is 1. The third kappa shape index (κ3) is 2.77. The summed E-state index contributed by atoms with van der Waals surface area (Å²) in [7, 11) is 0. The predicted octanol–water partition coefficient (Wildman–Crippen LogP) is 3.81. The minimum Gasteiger partial charge on any atom is -0.397 e. The summed E-state index contributed by atoms with van der Waals surface area (Å²) in [5.74, 6) is -0.0164. The van der Waals surface area contributed by atoms with Crippen molar-refractivity contribution in [3.05, 3.63) is 28.6 Å². The minimum atomic E-state index is -0.0164. The largest absolute Gasteiger partial charge is 0.397 e. The van der Waals surface area contributed by atoms with Gasteiger partial charge in [-0.3, -0.25) is 4.79 Å². The molecule has 3 N–H and O–H groups in total. The number of thioether (sulfide) groups is 1. The number of fused-ring (bicyclic) bond motifs is 1. The number of carbonyl (C=O) groups is 1. The highest BCUT2D eigenvalue weighted by Gasteiger charge is 2.29. The molecule has 0 spiro atoms. The monoisotopic (exact) mass is 320 g/mol. The zero-order valence-corrected chi connectivity index (χ0v) is 13.9. The summed E-state index contributed by atoms with van der Waals surface area (Å²) in [6.45, 7) is 2.05. The molecular formula is C16H20N2OS2. The van der Waals surface area contributed by atoms with Crippen molar-refractivity contribution in [2.24, 2.45) is 0 Å². The average molecular weight is 320 g/mol.